The van der Waals surface area contributed by atoms with E-state index in [1.54, 1.807) is 0 Å². The van der Waals surface area contributed by atoms with Crippen molar-refractivity contribution in [3.63, 3.8) is 0 Å². The lowest BCUT2D eigenvalue weighted by Crippen LogP contribution is -2.37. The summed E-state index contributed by atoms with van der Waals surface area (Å²) < 4.78 is 0. The highest BCUT2D eigenvalue weighted by Gasteiger charge is 2.42. The molecule has 3 heterocycles. The van der Waals surface area contributed by atoms with Crippen molar-refractivity contribution < 1.29 is 9.59 Å². The van der Waals surface area contributed by atoms with E-state index in [9.17, 15) is 9.59 Å². The van der Waals surface area contributed by atoms with Gasteiger partial charge in [0.25, 0.3) is 0 Å². The van der Waals surface area contributed by atoms with Gasteiger partial charge in [0.2, 0.25) is 0 Å². The van der Waals surface area contributed by atoms with Crippen molar-refractivity contribution in [3.8, 4) is 0 Å². The van der Waals surface area contributed by atoms with E-state index in [0.717, 1.165) is 43.7 Å². The number of Topliss-reactive ketones (excluding diaryl/α,β-unsaturated/α-hetero) is 1. The molecular weight excluding hydrogens is 334 g/mol. The van der Waals surface area contributed by atoms with Crippen molar-refractivity contribution in [1.82, 2.24) is 10.6 Å². The van der Waals surface area contributed by atoms with E-state index in [2.05, 4.69) is 27.7 Å². The lowest BCUT2D eigenvalue weighted by atomic mass is 10.00. The molecule has 0 saturated carbocycles. The number of anilines is 1. The largest absolute Gasteiger partial charge is 0.361 e. The molecule has 0 radical (unpaired) electrons. The average molecular weight is 359 g/mol. The highest BCUT2D eigenvalue weighted by molar-refractivity contribution is 8.00. The van der Waals surface area contributed by atoms with Gasteiger partial charge in [-0.3, -0.25) is 4.79 Å². The first-order valence-corrected chi connectivity index (χ1v) is 10.3. The number of carbonyl (C=O) groups excluding carboxylic acids is 2. The summed E-state index contributed by atoms with van der Waals surface area (Å²) >= 11 is 1.92. The second-order valence-electron chi connectivity index (χ2n) is 7.17. The number of fused-ring (bicyclic) bond motifs is 1. The number of thioether (sulfide) groups is 1. The number of hydrogen-bond donors (Lipinski definition) is 2. The molecule has 3 fully saturated rings. The van der Waals surface area contributed by atoms with Gasteiger partial charge in [0.15, 0.2) is 5.78 Å². The van der Waals surface area contributed by atoms with Crippen molar-refractivity contribution in [1.29, 1.82) is 0 Å². The summed E-state index contributed by atoms with van der Waals surface area (Å²) in [6.45, 7) is 0.973. The number of amides is 2. The van der Waals surface area contributed by atoms with Crippen LogP contribution in [-0.4, -0.2) is 47.5 Å². The molecule has 3 aliphatic heterocycles. The summed E-state index contributed by atoms with van der Waals surface area (Å²) in [4.78, 5) is 26.5. The molecule has 3 saturated heterocycles. The summed E-state index contributed by atoms with van der Waals surface area (Å²) in [5.74, 6) is 1.35. The Kier molecular flexibility index (Phi) is 4.88. The van der Waals surface area contributed by atoms with Gasteiger partial charge in [-0.05, 0) is 37.8 Å². The fourth-order valence-electron chi connectivity index (χ4n) is 4.32. The molecule has 6 heteroatoms. The van der Waals surface area contributed by atoms with Crippen LogP contribution < -0.4 is 15.5 Å². The first-order chi connectivity index (χ1) is 12.2. The third-order valence-corrected chi connectivity index (χ3v) is 7.07. The monoisotopic (exact) mass is 359 g/mol. The Balaban J connectivity index is 1.28. The van der Waals surface area contributed by atoms with Crippen LogP contribution in [0.1, 0.15) is 32.1 Å². The van der Waals surface area contributed by atoms with Crippen molar-refractivity contribution in [2.75, 3.05) is 17.2 Å². The lowest BCUT2D eigenvalue weighted by molar-refractivity contribution is -0.120. The van der Waals surface area contributed by atoms with Gasteiger partial charge in [-0.15, -0.1) is 0 Å². The van der Waals surface area contributed by atoms with Gasteiger partial charge in [-0.2, -0.15) is 11.8 Å². The van der Waals surface area contributed by atoms with Gasteiger partial charge in [-0.1, -0.05) is 18.2 Å². The molecule has 134 valence electrons. The normalized spacial score (nSPS) is 30.9. The summed E-state index contributed by atoms with van der Waals surface area (Å²) in [6, 6.07) is 10.8. The predicted octanol–water partition coefficient (Wildman–Crippen LogP) is 2.56. The van der Waals surface area contributed by atoms with E-state index in [1.165, 1.54) is 0 Å². The third kappa shape index (κ3) is 3.50. The Hall–Kier alpha value is -1.69. The van der Waals surface area contributed by atoms with Crippen molar-refractivity contribution >= 4 is 29.3 Å². The minimum Gasteiger partial charge on any atom is -0.361 e. The molecular formula is C19H25N3O2S. The number of carbonyl (C=O) groups is 2. The molecule has 2 amide bonds. The Bertz CT molecular complexity index is 639. The average Bonchev–Trinajstić information content (AvgIpc) is 3.32. The number of urea groups is 1. The second-order valence-corrected chi connectivity index (χ2v) is 8.44. The van der Waals surface area contributed by atoms with Crippen LogP contribution in [0, 0.1) is 0 Å². The fourth-order valence-corrected chi connectivity index (χ4v) is 5.86. The number of hydrogen-bond acceptors (Lipinski definition) is 4. The Labute approximate surface area is 152 Å². The van der Waals surface area contributed by atoms with E-state index in [1.807, 2.05) is 30.0 Å². The fraction of sp³-hybridized carbons (Fsp3) is 0.579. The van der Waals surface area contributed by atoms with Gasteiger partial charge in [0.05, 0.1) is 18.1 Å². The van der Waals surface area contributed by atoms with Crippen LogP contribution in [0.2, 0.25) is 0 Å². The molecule has 5 nitrogen and oxygen atoms in total. The summed E-state index contributed by atoms with van der Waals surface area (Å²) in [6.07, 6.45) is 4.61. The number of nitrogens with zero attached hydrogens (tertiary/aromatic N) is 1. The van der Waals surface area contributed by atoms with Crippen LogP contribution in [-0.2, 0) is 4.79 Å². The summed E-state index contributed by atoms with van der Waals surface area (Å²) in [7, 11) is 0. The standard InChI is InChI=1S/C19H25N3O2S/c23-16(15-8-5-11-22(15)13-6-2-1-3-7-13)9-4-10-17-18-14(12-25-17)20-19(24)21-18/h1-3,6-7,14-15,17-18H,4-5,8-12H2,(H2,20,21,24)/t14-,15?,17-,18-/m0/s1. The smallest absolute Gasteiger partial charge is 0.315 e. The topological polar surface area (TPSA) is 61.4 Å². The molecule has 4 rings (SSSR count). The van der Waals surface area contributed by atoms with Gasteiger partial charge < -0.3 is 15.5 Å². The molecule has 3 aliphatic rings. The summed E-state index contributed by atoms with van der Waals surface area (Å²) in [5.41, 5.74) is 1.16. The zero-order valence-corrected chi connectivity index (χ0v) is 15.1. The van der Waals surface area contributed by atoms with Crippen molar-refractivity contribution in [3.05, 3.63) is 30.3 Å². The molecule has 2 N–H and O–H groups in total. The minimum atomic E-state index is -0.0409. The molecule has 0 spiro atoms. The van der Waals surface area contributed by atoms with E-state index in [-0.39, 0.29) is 24.2 Å². The molecule has 0 aromatic heterocycles. The van der Waals surface area contributed by atoms with Gasteiger partial charge in [-0.25, -0.2) is 4.79 Å². The maximum absolute atomic E-state index is 12.8. The van der Waals surface area contributed by atoms with Crippen LogP contribution in [0.4, 0.5) is 10.5 Å². The highest BCUT2D eigenvalue weighted by atomic mass is 32.2. The van der Waals surface area contributed by atoms with Gasteiger partial charge >= 0.3 is 6.03 Å². The Morgan fingerprint density at radius 1 is 1.24 bits per heavy atom. The third-order valence-electron chi connectivity index (χ3n) is 5.56. The van der Waals surface area contributed by atoms with E-state index >= 15 is 0 Å². The van der Waals surface area contributed by atoms with Gasteiger partial charge in [0, 0.05) is 29.7 Å². The molecule has 25 heavy (non-hydrogen) atoms. The van der Waals surface area contributed by atoms with Crippen LogP contribution in [0.3, 0.4) is 0 Å². The summed E-state index contributed by atoms with van der Waals surface area (Å²) in [5, 5.41) is 6.43. The lowest BCUT2D eigenvalue weighted by Gasteiger charge is -2.26. The maximum atomic E-state index is 12.8. The number of para-hydroxylation sites is 1. The van der Waals surface area contributed by atoms with E-state index in [4.69, 9.17) is 0 Å². The molecule has 1 aromatic rings. The zero-order chi connectivity index (χ0) is 17.2. The maximum Gasteiger partial charge on any atom is 0.315 e. The number of ketones is 1. The van der Waals surface area contributed by atoms with Crippen LogP contribution in [0.15, 0.2) is 30.3 Å². The quantitative estimate of drug-likeness (QED) is 0.767. The first kappa shape index (κ1) is 16.8. The molecule has 1 unspecified atom stereocenters. The van der Waals surface area contributed by atoms with Crippen LogP contribution >= 0.6 is 11.8 Å². The van der Waals surface area contributed by atoms with Crippen molar-refractivity contribution in [2.24, 2.45) is 0 Å². The number of nitrogens with one attached hydrogen (secondary N) is 2. The van der Waals surface area contributed by atoms with Crippen molar-refractivity contribution in [2.45, 2.75) is 55.5 Å². The Morgan fingerprint density at radius 2 is 2.08 bits per heavy atom. The second kappa shape index (κ2) is 7.28. The first-order valence-electron chi connectivity index (χ1n) is 9.25. The minimum absolute atomic E-state index is 0.0409. The number of rotatable bonds is 6. The van der Waals surface area contributed by atoms with E-state index < -0.39 is 0 Å². The van der Waals surface area contributed by atoms with Gasteiger partial charge in [0.1, 0.15) is 0 Å². The SMILES string of the molecule is O=C1N[C@H]2[C@H](CS[C@H]2CCCC(=O)C2CCCN2c2ccccc2)N1. The van der Waals surface area contributed by atoms with Crippen LogP contribution in [0.5, 0.6) is 0 Å². The predicted molar refractivity (Wildman–Crippen MR) is 101 cm³/mol. The molecule has 0 bridgehead atoms. The molecule has 0 aliphatic carbocycles. The van der Waals surface area contributed by atoms with E-state index in [0.29, 0.717) is 17.5 Å². The molecule has 4 atom stereocenters. The van der Waals surface area contributed by atoms with Crippen LogP contribution in [0.25, 0.3) is 0 Å². The molecule has 1 aromatic carbocycles. The Morgan fingerprint density at radius 3 is 2.92 bits per heavy atom. The zero-order valence-electron chi connectivity index (χ0n) is 14.3. The number of benzene rings is 1. The highest BCUT2D eigenvalue weighted by Crippen LogP contribution is 2.33.